The second kappa shape index (κ2) is 5.38. The standard InChI is InChI=1S/C13H14ClN3O/c1-9-11(3-2-4-12(9)14)13(18)17-6-5-16-8-10(17)7-15/h2-4,10,16H,5-6,8H2,1H3. The summed E-state index contributed by atoms with van der Waals surface area (Å²) in [6.45, 7) is 3.59. The molecule has 4 nitrogen and oxygen atoms in total. The van der Waals surface area contributed by atoms with Crippen molar-refractivity contribution in [1.29, 1.82) is 5.26 Å². The Labute approximate surface area is 111 Å². The van der Waals surface area contributed by atoms with E-state index in [9.17, 15) is 4.79 Å². The van der Waals surface area contributed by atoms with E-state index in [-0.39, 0.29) is 5.91 Å². The van der Waals surface area contributed by atoms with Crippen LogP contribution in [-0.4, -0.2) is 36.5 Å². The van der Waals surface area contributed by atoms with Crippen molar-refractivity contribution in [1.82, 2.24) is 10.2 Å². The van der Waals surface area contributed by atoms with Crippen LogP contribution in [-0.2, 0) is 0 Å². The van der Waals surface area contributed by atoms with Gasteiger partial charge in [-0.2, -0.15) is 5.26 Å². The lowest BCUT2D eigenvalue weighted by atomic mass is 10.1. The summed E-state index contributed by atoms with van der Waals surface area (Å²) >= 11 is 6.02. The topological polar surface area (TPSA) is 56.1 Å². The Morgan fingerprint density at radius 1 is 1.61 bits per heavy atom. The SMILES string of the molecule is Cc1c(Cl)cccc1C(=O)N1CCNCC1C#N. The lowest BCUT2D eigenvalue weighted by molar-refractivity contribution is 0.0686. The molecule has 1 amide bonds. The minimum Gasteiger partial charge on any atom is -0.320 e. The minimum atomic E-state index is -0.412. The van der Waals surface area contributed by atoms with Crippen LogP contribution in [0.25, 0.3) is 0 Å². The van der Waals surface area contributed by atoms with Gasteiger partial charge >= 0.3 is 0 Å². The number of rotatable bonds is 1. The lowest BCUT2D eigenvalue weighted by Crippen LogP contribution is -2.53. The number of halogens is 1. The third kappa shape index (κ3) is 2.33. The fourth-order valence-corrected chi connectivity index (χ4v) is 2.23. The molecule has 1 unspecified atom stereocenters. The number of nitrogens with zero attached hydrogens (tertiary/aromatic N) is 2. The molecular weight excluding hydrogens is 250 g/mol. The number of amides is 1. The first-order valence-electron chi connectivity index (χ1n) is 5.81. The predicted molar refractivity (Wildman–Crippen MR) is 69.5 cm³/mol. The summed E-state index contributed by atoms with van der Waals surface area (Å²) in [7, 11) is 0. The third-order valence-electron chi connectivity index (χ3n) is 3.15. The monoisotopic (exact) mass is 263 g/mol. The largest absolute Gasteiger partial charge is 0.320 e. The van der Waals surface area contributed by atoms with E-state index in [2.05, 4.69) is 11.4 Å². The average Bonchev–Trinajstić information content (AvgIpc) is 2.41. The molecule has 2 rings (SSSR count). The van der Waals surface area contributed by atoms with Crippen LogP contribution in [0.4, 0.5) is 0 Å². The Bertz CT molecular complexity index is 509. The zero-order chi connectivity index (χ0) is 13.1. The summed E-state index contributed by atoms with van der Waals surface area (Å²) in [5.74, 6) is -0.122. The molecule has 1 heterocycles. The number of hydrogen-bond acceptors (Lipinski definition) is 3. The van der Waals surface area contributed by atoms with E-state index in [4.69, 9.17) is 16.9 Å². The van der Waals surface area contributed by atoms with Gasteiger partial charge in [0.05, 0.1) is 6.07 Å². The highest BCUT2D eigenvalue weighted by Crippen LogP contribution is 2.21. The molecular formula is C13H14ClN3O. The van der Waals surface area contributed by atoms with Crippen LogP contribution < -0.4 is 5.32 Å². The maximum atomic E-state index is 12.4. The first-order chi connectivity index (χ1) is 8.65. The molecule has 5 heteroatoms. The van der Waals surface area contributed by atoms with Crippen LogP contribution >= 0.6 is 11.6 Å². The van der Waals surface area contributed by atoms with Crippen molar-refractivity contribution in [3.8, 4) is 6.07 Å². The fourth-order valence-electron chi connectivity index (χ4n) is 2.06. The Hall–Kier alpha value is -1.57. The van der Waals surface area contributed by atoms with Gasteiger partial charge < -0.3 is 10.2 Å². The molecule has 1 atom stereocenters. The molecule has 1 fully saturated rings. The predicted octanol–water partition coefficient (Wildman–Crippen LogP) is 1.59. The quantitative estimate of drug-likeness (QED) is 0.837. The summed E-state index contributed by atoms with van der Waals surface area (Å²) in [6, 6.07) is 7.00. The molecule has 94 valence electrons. The van der Waals surface area contributed by atoms with Gasteiger partial charge in [-0.05, 0) is 24.6 Å². The molecule has 1 aromatic rings. The van der Waals surface area contributed by atoms with Crippen molar-refractivity contribution in [3.63, 3.8) is 0 Å². The van der Waals surface area contributed by atoms with E-state index >= 15 is 0 Å². The molecule has 0 radical (unpaired) electrons. The van der Waals surface area contributed by atoms with E-state index in [1.165, 1.54) is 0 Å². The van der Waals surface area contributed by atoms with Gasteiger partial charge in [-0.15, -0.1) is 0 Å². The van der Waals surface area contributed by atoms with Gasteiger partial charge in [0, 0.05) is 30.2 Å². The van der Waals surface area contributed by atoms with Gasteiger partial charge in [-0.3, -0.25) is 4.79 Å². The van der Waals surface area contributed by atoms with Crippen LogP contribution in [0.1, 0.15) is 15.9 Å². The first kappa shape index (κ1) is 12.9. The normalized spacial score (nSPS) is 19.4. The molecule has 1 aromatic carbocycles. The van der Waals surface area contributed by atoms with Crippen molar-refractivity contribution in [2.24, 2.45) is 0 Å². The zero-order valence-electron chi connectivity index (χ0n) is 10.1. The molecule has 0 bridgehead atoms. The summed E-state index contributed by atoms with van der Waals surface area (Å²) in [5.41, 5.74) is 1.34. The molecule has 0 spiro atoms. The molecule has 0 aromatic heterocycles. The van der Waals surface area contributed by atoms with Crippen LogP contribution in [0.15, 0.2) is 18.2 Å². The Morgan fingerprint density at radius 2 is 2.39 bits per heavy atom. The van der Waals surface area contributed by atoms with Crippen molar-refractivity contribution < 1.29 is 4.79 Å². The maximum absolute atomic E-state index is 12.4. The van der Waals surface area contributed by atoms with Gasteiger partial charge in [-0.25, -0.2) is 0 Å². The van der Waals surface area contributed by atoms with E-state index in [1.807, 2.05) is 6.92 Å². The highest BCUT2D eigenvalue weighted by atomic mass is 35.5. The van der Waals surface area contributed by atoms with Gasteiger partial charge in [0.15, 0.2) is 0 Å². The van der Waals surface area contributed by atoms with Crippen LogP contribution in [0.3, 0.4) is 0 Å². The van der Waals surface area contributed by atoms with Crippen molar-refractivity contribution in [3.05, 3.63) is 34.3 Å². The second-order valence-corrected chi connectivity index (χ2v) is 4.67. The van der Waals surface area contributed by atoms with Gasteiger partial charge in [-0.1, -0.05) is 17.7 Å². The Balaban J connectivity index is 2.30. The summed E-state index contributed by atoms with van der Waals surface area (Å²) in [4.78, 5) is 14.0. The Kier molecular flexibility index (Phi) is 3.85. The summed E-state index contributed by atoms with van der Waals surface area (Å²) < 4.78 is 0. The number of hydrogen-bond donors (Lipinski definition) is 1. The smallest absolute Gasteiger partial charge is 0.255 e. The minimum absolute atomic E-state index is 0.122. The highest BCUT2D eigenvalue weighted by molar-refractivity contribution is 6.31. The van der Waals surface area contributed by atoms with Crippen LogP contribution in [0, 0.1) is 18.3 Å². The van der Waals surface area contributed by atoms with E-state index < -0.39 is 6.04 Å². The summed E-state index contributed by atoms with van der Waals surface area (Å²) in [5, 5.41) is 12.8. The number of piperazine rings is 1. The molecule has 1 aliphatic heterocycles. The van der Waals surface area contributed by atoms with Gasteiger partial charge in [0.2, 0.25) is 0 Å². The fraction of sp³-hybridized carbons (Fsp3) is 0.385. The van der Waals surface area contributed by atoms with Crippen LogP contribution in [0.2, 0.25) is 5.02 Å². The Morgan fingerprint density at radius 3 is 3.11 bits per heavy atom. The van der Waals surface area contributed by atoms with E-state index in [0.29, 0.717) is 30.2 Å². The maximum Gasteiger partial charge on any atom is 0.255 e. The molecule has 1 aliphatic rings. The first-order valence-corrected chi connectivity index (χ1v) is 6.19. The molecule has 0 aliphatic carbocycles. The van der Waals surface area contributed by atoms with Crippen molar-refractivity contribution in [2.45, 2.75) is 13.0 Å². The number of benzene rings is 1. The molecule has 18 heavy (non-hydrogen) atoms. The van der Waals surface area contributed by atoms with Crippen molar-refractivity contribution >= 4 is 17.5 Å². The summed E-state index contributed by atoms with van der Waals surface area (Å²) in [6.07, 6.45) is 0. The number of carbonyl (C=O) groups is 1. The third-order valence-corrected chi connectivity index (χ3v) is 3.56. The highest BCUT2D eigenvalue weighted by Gasteiger charge is 2.28. The number of nitriles is 1. The molecule has 0 saturated carbocycles. The second-order valence-electron chi connectivity index (χ2n) is 4.26. The van der Waals surface area contributed by atoms with Gasteiger partial charge in [0.25, 0.3) is 5.91 Å². The zero-order valence-corrected chi connectivity index (χ0v) is 10.9. The average molecular weight is 264 g/mol. The van der Waals surface area contributed by atoms with E-state index in [1.54, 1.807) is 23.1 Å². The van der Waals surface area contributed by atoms with Crippen molar-refractivity contribution in [2.75, 3.05) is 19.6 Å². The van der Waals surface area contributed by atoms with Crippen LogP contribution in [0.5, 0.6) is 0 Å². The van der Waals surface area contributed by atoms with Gasteiger partial charge in [0.1, 0.15) is 6.04 Å². The lowest BCUT2D eigenvalue weighted by Gasteiger charge is -2.32. The molecule has 1 N–H and O–H groups in total. The number of carbonyl (C=O) groups excluding carboxylic acids is 1. The molecule has 1 saturated heterocycles. The van der Waals surface area contributed by atoms with E-state index in [0.717, 1.165) is 5.56 Å². The number of nitrogens with one attached hydrogen (secondary N) is 1.